The van der Waals surface area contributed by atoms with Gasteiger partial charge < -0.3 is 20.3 Å². The molecular weight excluding hydrogens is 739 g/mol. The molecule has 0 aliphatic carbocycles. The first kappa shape index (κ1) is 40.9. The maximum absolute atomic E-state index is 14.2. The number of nitrogens with two attached hydrogens (primary N) is 1. The minimum atomic E-state index is -0.919. The van der Waals surface area contributed by atoms with E-state index in [2.05, 4.69) is 63.8 Å². The highest BCUT2D eigenvalue weighted by molar-refractivity contribution is 6.38. The second-order valence-corrected chi connectivity index (χ2v) is 15.3. The van der Waals surface area contributed by atoms with Gasteiger partial charge in [-0.25, -0.2) is 14.4 Å². The first-order valence-corrected chi connectivity index (χ1v) is 18.9. The van der Waals surface area contributed by atoms with Gasteiger partial charge in [-0.3, -0.25) is 14.9 Å². The van der Waals surface area contributed by atoms with E-state index in [0.717, 1.165) is 28.0 Å². The summed E-state index contributed by atoms with van der Waals surface area (Å²) >= 11 is 13.2. The van der Waals surface area contributed by atoms with Crippen molar-refractivity contribution in [1.82, 2.24) is 9.78 Å². The summed E-state index contributed by atoms with van der Waals surface area (Å²) in [5, 5.41) is 17.0. The number of pyridine rings is 1. The van der Waals surface area contributed by atoms with Crippen LogP contribution in [0.25, 0.3) is 11.4 Å². The predicted octanol–water partition coefficient (Wildman–Crippen LogP) is 8.60. The fourth-order valence-corrected chi connectivity index (χ4v) is 6.73. The molecule has 0 radical (unpaired) electrons. The summed E-state index contributed by atoms with van der Waals surface area (Å²) in [6, 6.07) is 20.0. The average molecular weight is 788 g/mol. The lowest BCUT2D eigenvalue weighted by Crippen LogP contribution is -2.39. The van der Waals surface area contributed by atoms with Crippen LogP contribution >= 0.6 is 23.2 Å². The molecule has 0 fully saturated rings. The molecule has 13 heteroatoms. The molecule has 0 spiro atoms. The average Bonchev–Trinajstić information content (AvgIpc) is 3.48. The summed E-state index contributed by atoms with van der Waals surface area (Å²) in [5.41, 5.74) is 8.10. The van der Waals surface area contributed by atoms with E-state index in [0.29, 0.717) is 17.9 Å². The molecule has 1 unspecified atom stereocenters. The number of carbonyl (C=O) groups is 1. The zero-order valence-corrected chi connectivity index (χ0v) is 34.0. The molecule has 0 aliphatic rings. The highest BCUT2D eigenvalue weighted by Crippen LogP contribution is 2.39. The molecular formula is C42H48Cl2N6O5. The lowest BCUT2D eigenvalue weighted by Gasteiger charge is -2.32. The van der Waals surface area contributed by atoms with Crippen molar-refractivity contribution < 1.29 is 23.9 Å². The van der Waals surface area contributed by atoms with Gasteiger partial charge in [-0.1, -0.05) is 95.9 Å². The molecule has 2 amide bonds. The Morgan fingerprint density at radius 1 is 0.964 bits per heavy atom. The van der Waals surface area contributed by atoms with Crippen molar-refractivity contribution in [3.8, 4) is 22.9 Å². The normalized spacial score (nSPS) is 12.7. The molecule has 2 aromatic heterocycles. The number of nitrogens with zero attached hydrogens (tertiary/aromatic N) is 4. The van der Waals surface area contributed by atoms with Gasteiger partial charge in [0.25, 0.3) is 0 Å². The molecule has 290 valence electrons. The lowest BCUT2D eigenvalue weighted by molar-refractivity contribution is -0.595. The van der Waals surface area contributed by atoms with Crippen LogP contribution in [0.1, 0.15) is 78.9 Å². The van der Waals surface area contributed by atoms with Gasteiger partial charge in [0.05, 0.1) is 28.5 Å². The van der Waals surface area contributed by atoms with Crippen molar-refractivity contribution in [2.24, 2.45) is 10.7 Å². The van der Waals surface area contributed by atoms with Crippen molar-refractivity contribution in [1.29, 1.82) is 0 Å². The van der Waals surface area contributed by atoms with E-state index in [-0.39, 0.29) is 49.4 Å². The quantitative estimate of drug-likeness (QED) is 0.0659. The zero-order chi connectivity index (χ0) is 40.2. The maximum Gasteiger partial charge on any atom is 0.346 e. The minimum Gasteiger partial charge on any atom is -0.859 e. The minimum absolute atomic E-state index is 0.00987. The number of aliphatic imine (C=N–C) groups is 1. The first-order valence-electron chi connectivity index (χ1n) is 18.2. The van der Waals surface area contributed by atoms with Crippen LogP contribution in [0, 0.1) is 0 Å². The number of amides is 2. The van der Waals surface area contributed by atoms with Crippen molar-refractivity contribution in [3.05, 3.63) is 117 Å². The Hall–Kier alpha value is -5.26. The van der Waals surface area contributed by atoms with Crippen molar-refractivity contribution >= 4 is 52.3 Å². The summed E-state index contributed by atoms with van der Waals surface area (Å²) in [6.45, 7) is 15.0. The van der Waals surface area contributed by atoms with Crippen LogP contribution in [-0.4, -0.2) is 34.9 Å². The topological polar surface area (TPSA) is 142 Å². The van der Waals surface area contributed by atoms with Crippen LogP contribution in [-0.2, 0) is 10.8 Å². The molecule has 0 aliphatic heterocycles. The van der Waals surface area contributed by atoms with Gasteiger partial charge in [-0.15, -0.1) is 0 Å². The lowest BCUT2D eigenvalue weighted by atomic mass is 9.76. The van der Waals surface area contributed by atoms with Gasteiger partial charge in [0.1, 0.15) is 23.3 Å². The maximum atomic E-state index is 14.2. The molecule has 0 bridgehead atoms. The van der Waals surface area contributed by atoms with Gasteiger partial charge >= 0.3 is 17.3 Å². The summed E-state index contributed by atoms with van der Waals surface area (Å²) in [5.74, 6) is 0.547. The number of aromatic amines is 1. The van der Waals surface area contributed by atoms with E-state index < -0.39 is 23.6 Å². The van der Waals surface area contributed by atoms with Crippen LogP contribution in [0.2, 0.25) is 10.0 Å². The highest BCUT2D eigenvalue weighted by atomic mass is 35.5. The molecule has 5 rings (SSSR count). The van der Waals surface area contributed by atoms with E-state index in [9.17, 15) is 14.7 Å². The molecule has 0 saturated carbocycles. The number of H-pyrrole nitrogens is 1. The number of urea groups is 1. The highest BCUT2D eigenvalue weighted by Gasteiger charge is 2.33. The fraction of sp³-hybridized carbons (Fsp3) is 0.333. The third-order valence-corrected chi connectivity index (χ3v) is 10.8. The van der Waals surface area contributed by atoms with Gasteiger partial charge in [0.2, 0.25) is 5.82 Å². The van der Waals surface area contributed by atoms with E-state index >= 15 is 0 Å². The Morgan fingerprint density at radius 2 is 1.62 bits per heavy atom. The second-order valence-electron chi connectivity index (χ2n) is 14.5. The standard InChI is InChI=1S/C42H48Cl2N6O5/c1-9-33(55-34-19-18-26(41(4,5)10-2)22-30(34)42(6,7)11-3)38(51)46-27-16-15-17-28(23-27)49(40(45)53)37-36(48-20-13-12-14-21-48)39(52)50(47-37)35-31(43)24-29(54-8)25-32(35)44/h12-25,33H,9-11H2,1-8H3,(H3-,45,46,47,51,52,53). The largest absolute Gasteiger partial charge is 0.859 e. The second kappa shape index (κ2) is 16.6. The van der Waals surface area contributed by atoms with Crippen LogP contribution < -0.4 is 35.3 Å². The number of nitrogens with one attached hydrogen (secondary N) is 1. The van der Waals surface area contributed by atoms with Gasteiger partial charge in [-0.2, -0.15) is 4.57 Å². The number of anilines is 2. The molecule has 2 heterocycles. The van der Waals surface area contributed by atoms with Gasteiger partial charge in [0, 0.05) is 35.7 Å². The first-order chi connectivity index (χ1) is 26.1. The van der Waals surface area contributed by atoms with E-state index in [1.807, 2.05) is 13.0 Å². The van der Waals surface area contributed by atoms with E-state index in [4.69, 9.17) is 38.4 Å². The summed E-state index contributed by atoms with van der Waals surface area (Å²) in [4.78, 5) is 33.0. The molecule has 5 aromatic rings. The summed E-state index contributed by atoms with van der Waals surface area (Å²) in [7, 11) is 1.47. The molecule has 1 atom stereocenters. The van der Waals surface area contributed by atoms with Crippen LogP contribution in [0.5, 0.6) is 11.5 Å². The number of primary amides is 1. The Kier molecular flexibility index (Phi) is 12.4. The monoisotopic (exact) mass is 786 g/mol. The van der Waals surface area contributed by atoms with Gasteiger partial charge in [-0.05, 0) is 59.9 Å². The molecule has 3 aromatic carbocycles. The molecule has 11 nitrogen and oxygen atoms in total. The van der Waals surface area contributed by atoms with Crippen LogP contribution in [0.4, 0.5) is 22.0 Å². The van der Waals surface area contributed by atoms with Crippen LogP contribution in [0.3, 0.4) is 0 Å². The van der Waals surface area contributed by atoms with Crippen molar-refractivity contribution in [2.45, 2.75) is 84.7 Å². The number of methoxy groups -OCH3 is 1. The Morgan fingerprint density at radius 3 is 2.20 bits per heavy atom. The predicted molar refractivity (Wildman–Crippen MR) is 218 cm³/mol. The fourth-order valence-electron chi connectivity index (χ4n) is 6.09. The third kappa shape index (κ3) is 8.53. The SMILES string of the molecule is CCC(Oc1ccc(C(C)(C)CC)cc1C(C)(C)CC)C([O-])=Nc1cccc(N(C(N)=O)c2[nH]n(-c3c(Cl)cc(OC)cc3Cl)c(=O)c2-[n+]2ccccc2)c1. The van der Waals surface area contributed by atoms with Crippen LogP contribution in [0.15, 0.2) is 95.0 Å². The number of halogens is 2. The smallest absolute Gasteiger partial charge is 0.346 e. The number of ether oxygens (including phenoxy) is 2. The summed E-state index contributed by atoms with van der Waals surface area (Å²) in [6.07, 6.45) is 4.63. The molecule has 3 N–H and O–H groups in total. The molecule has 0 saturated heterocycles. The summed E-state index contributed by atoms with van der Waals surface area (Å²) < 4.78 is 14.4. The Balaban J connectivity index is 1.58. The number of hydrogen-bond acceptors (Lipinski definition) is 6. The number of carbonyl (C=O) groups excluding carboxylic acids is 1. The number of benzene rings is 3. The number of rotatable bonds is 14. The third-order valence-electron chi connectivity index (χ3n) is 10.2. The van der Waals surface area contributed by atoms with Crippen molar-refractivity contribution in [2.75, 3.05) is 12.0 Å². The van der Waals surface area contributed by atoms with Crippen molar-refractivity contribution in [3.63, 3.8) is 0 Å². The number of hydrogen-bond donors (Lipinski definition) is 2. The zero-order valence-electron chi connectivity index (χ0n) is 32.4. The number of aromatic nitrogens is 3. The van der Waals surface area contributed by atoms with Gasteiger partial charge in [0.15, 0.2) is 12.4 Å². The Labute approximate surface area is 331 Å². The Bertz CT molecular complexity index is 2240. The van der Waals surface area contributed by atoms with E-state index in [1.54, 1.807) is 48.8 Å². The van der Waals surface area contributed by atoms with E-state index in [1.165, 1.54) is 35.4 Å². The molecule has 55 heavy (non-hydrogen) atoms.